The van der Waals surface area contributed by atoms with Gasteiger partial charge in [0.1, 0.15) is 17.4 Å². The largest absolute Gasteiger partial charge is 0.480 e. The van der Waals surface area contributed by atoms with Crippen molar-refractivity contribution in [3.63, 3.8) is 0 Å². The van der Waals surface area contributed by atoms with E-state index in [-0.39, 0.29) is 47.0 Å². The van der Waals surface area contributed by atoms with Gasteiger partial charge in [-0.05, 0) is 31.9 Å². The van der Waals surface area contributed by atoms with Crippen LogP contribution >= 0.6 is 11.6 Å². The SMILES string of the molecule is CC1(O)CC(NCC(=O)NCc2ccc(NC(=O)c3nn(CC(=O)O)c4ccccc34)c(Cl)c2F)C1. The lowest BCUT2D eigenvalue weighted by atomic mass is 9.77. The molecule has 0 radical (unpaired) electrons. The van der Waals surface area contributed by atoms with Crippen molar-refractivity contribution < 1.29 is 29.0 Å². The number of halogens is 2. The van der Waals surface area contributed by atoms with Crippen LogP contribution in [0.2, 0.25) is 5.02 Å². The molecule has 36 heavy (non-hydrogen) atoms. The fourth-order valence-electron chi connectivity index (χ4n) is 4.19. The minimum atomic E-state index is -1.12. The Hall–Kier alpha value is -3.54. The smallest absolute Gasteiger partial charge is 0.325 e. The molecule has 1 saturated carbocycles. The average Bonchev–Trinajstić information content (AvgIpc) is 3.16. The highest BCUT2D eigenvalue weighted by Crippen LogP contribution is 2.31. The van der Waals surface area contributed by atoms with Gasteiger partial charge in [0.05, 0.1) is 23.3 Å². The number of carbonyl (C=O) groups is 3. The Labute approximate surface area is 210 Å². The zero-order chi connectivity index (χ0) is 26.0. The van der Waals surface area contributed by atoms with Crippen LogP contribution in [0.25, 0.3) is 10.9 Å². The number of carboxylic acids is 1. The molecule has 1 aliphatic carbocycles. The molecule has 1 aromatic heterocycles. The number of nitrogens with zero attached hydrogens (tertiary/aromatic N) is 2. The van der Waals surface area contributed by atoms with Crippen molar-refractivity contribution in [1.82, 2.24) is 20.4 Å². The van der Waals surface area contributed by atoms with E-state index >= 15 is 0 Å². The number of hydrogen-bond acceptors (Lipinski definition) is 6. The molecular formula is C24H25ClFN5O5. The van der Waals surface area contributed by atoms with E-state index < -0.39 is 29.8 Å². The standard InChI is InChI=1S/C24H25ClFN5O5/c1-24(36)8-14(9-24)27-11-18(32)28-10-13-6-7-16(20(25)21(13)26)29-23(35)22-15-4-2-3-5-17(15)31(30-22)12-19(33)34/h2-7,14,27,36H,8-12H2,1H3,(H,28,32)(H,29,35)(H,33,34). The van der Waals surface area contributed by atoms with Gasteiger partial charge >= 0.3 is 5.97 Å². The van der Waals surface area contributed by atoms with Crippen molar-refractivity contribution in [3.05, 3.63) is 58.5 Å². The molecule has 10 nitrogen and oxygen atoms in total. The van der Waals surface area contributed by atoms with Crippen LogP contribution in [-0.4, -0.2) is 56.0 Å². The Morgan fingerprint density at radius 1 is 1.22 bits per heavy atom. The lowest BCUT2D eigenvalue weighted by Crippen LogP contribution is -2.53. The summed E-state index contributed by atoms with van der Waals surface area (Å²) in [5, 5.41) is 31.2. The van der Waals surface area contributed by atoms with E-state index in [0.717, 1.165) is 0 Å². The van der Waals surface area contributed by atoms with E-state index in [1.165, 1.54) is 16.8 Å². The van der Waals surface area contributed by atoms with E-state index in [1.54, 1.807) is 31.2 Å². The monoisotopic (exact) mass is 517 g/mol. The summed E-state index contributed by atoms with van der Waals surface area (Å²) in [5.74, 6) is -2.92. The average molecular weight is 518 g/mol. The third-order valence-corrected chi connectivity index (χ3v) is 6.34. The van der Waals surface area contributed by atoms with Crippen LogP contribution in [-0.2, 0) is 22.7 Å². The normalized spacial score (nSPS) is 19.1. The van der Waals surface area contributed by atoms with Crippen LogP contribution in [0.15, 0.2) is 36.4 Å². The van der Waals surface area contributed by atoms with E-state index in [4.69, 9.17) is 16.7 Å². The van der Waals surface area contributed by atoms with Gasteiger partial charge in [0.2, 0.25) is 5.91 Å². The molecule has 5 N–H and O–H groups in total. The van der Waals surface area contributed by atoms with Gasteiger partial charge in [0, 0.05) is 23.5 Å². The molecule has 0 spiro atoms. The number of anilines is 1. The molecule has 4 rings (SSSR count). The quantitative estimate of drug-likeness (QED) is 0.293. The molecule has 0 bridgehead atoms. The summed E-state index contributed by atoms with van der Waals surface area (Å²) in [5.41, 5.74) is -0.124. The number of hydrogen-bond donors (Lipinski definition) is 5. The van der Waals surface area contributed by atoms with Crippen LogP contribution in [0.4, 0.5) is 10.1 Å². The Morgan fingerprint density at radius 3 is 2.64 bits per heavy atom. The molecule has 0 unspecified atom stereocenters. The second-order valence-electron chi connectivity index (χ2n) is 9.03. The molecule has 190 valence electrons. The van der Waals surface area contributed by atoms with Crippen LogP contribution in [0.5, 0.6) is 0 Å². The zero-order valence-corrected chi connectivity index (χ0v) is 20.1. The molecular weight excluding hydrogens is 493 g/mol. The highest BCUT2D eigenvalue weighted by atomic mass is 35.5. The van der Waals surface area contributed by atoms with Gasteiger partial charge in [-0.15, -0.1) is 0 Å². The summed E-state index contributed by atoms with van der Waals surface area (Å²) < 4.78 is 16.1. The molecule has 2 aromatic carbocycles. The second kappa shape index (κ2) is 10.2. The summed E-state index contributed by atoms with van der Waals surface area (Å²) >= 11 is 6.15. The number of carbonyl (C=O) groups excluding carboxylic acids is 2. The topological polar surface area (TPSA) is 146 Å². The van der Waals surface area contributed by atoms with E-state index in [1.807, 2.05) is 0 Å². The number of amides is 2. The number of rotatable bonds is 9. The number of nitrogens with one attached hydrogen (secondary N) is 3. The molecule has 1 aliphatic rings. The number of para-hydroxylation sites is 1. The first-order valence-corrected chi connectivity index (χ1v) is 11.6. The summed E-state index contributed by atoms with van der Waals surface area (Å²) in [4.78, 5) is 36.1. The van der Waals surface area contributed by atoms with Crippen LogP contribution in [0, 0.1) is 5.82 Å². The van der Waals surface area contributed by atoms with Gasteiger partial charge < -0.3 is 26.2 Å². The van der Waals surface area contributed by atoms with Gasteiger partial charge in [-0.3, -0.25) is 19.1 Å². The van der Waals surface area contributed by atoms with Crippen molar-refractivity contribution >= 4 is 46.0 Å². The molecule has 3 aromatic rings. The van der Waals surface area contributed by atoms with Crippen molar-refractivity contribution in [1.29, 1.82) is 0 Å². The molecule has 2 amide bonds. The van der Waals surface area contributed by atoms with Crippen molar-refractivity contribution in [2.45, 2.75) is 44.5 Å². The van der Waals surface area contributed by atoms with Crippen molar-refractivity contribution in [2.24, 2.45) is 0 Å². The third kappa shape index (κ3) is 5.64. The van der Waals surface area contributed by atoms with Crippen LogP contribution in [0.3, 0.4) is 0 Å². The number of aliphatic hydroxyl groups is 1. The number of benzene rings is 2. The first-order chi connectivity index (χ1) is 17.0. The molecule has 0 saturated heterocycles. The Morgan fingerprint density at radius 2 is 1.94 bits per heavy atom. The maximum Gasteiger partial charge on any atom is 0.325 e. The molecule has 1 fully saturated rings. The molecule has 0 aliphatic heterocycles. The zero-order valence-electron chi connectivity index (χ0n) is 19.3. The van der Waals surface area contributed by atoms with Gasteiger partial charge in [-0.2, -0.15) is 5.10 Å². The lowest BCUT2D eigenvalue weighted by molar-refractivity contribution is -0.137. The van der Waals surface area contributed by atoms with Crippen molar-refractivity contribution in [2.75, 3.05) is 11.9 Å². The molecule has 12 heteroatoms. The van der Waals surface area contributed by atoms with E-state index in [2.05, 4.69) is 21.0 Å². The summed E-state index contributed by atoms with van der Waals surface area (Å²) in [7, 11) is 0. The minimum Gasteiger partial charge on any atom is -0.480 e. The van der Waals surface area contributed by atoms with Crippen LogP contribution < -0.4 is 16.0 Å². The maximum absolute atomic E-state index is 14.9. The third-order valence-electron chi connectivity index (χ3n) is 5.97. The minimum absolute atomic E-state index is 0.00446. The van der Waals surface area contributed by atoms with E-state index in [9.17, 15) is 23.9 Å². The van der Waals surface area contributed by atoms with Crippen molar-refractivity contribution in [3.8, 4) is 0 Å². The first kappa shape index (κ1) is 25.5. The van der Waals surface area contributed by atoms with E-state index in [0.29, 0.717) is 23.7 Å². The van der Waals surface area contributed by atoms with Crippen LogP contribution in [0.1, 0.15) is 35.8 Å². The Kier molecular flexibility index (Phi) is 7.25. The number of fused-ring (bicyclic) bond motifs is 1. The predicted molar refractivity (Wildman–Crippen MR) is 130 cm³/mol. The lowest BCUT2D eigenvalue weighted by Gasteiger charge is -2.41. The number of carboxylic acid groups (broad SMARTS) is 1. The van der Waals surface area contributed by atoms with Gasteiger partial charge in [0.15, 0.2) is 5.69 Å². The summed E-state index contributed by atoms with van der Waals surface area (Å²) in [6.07, 6.45) is 1.13. The highest BCUT2D eigenvalue weighted by Gasteiger charge is 2.38. The first-order valence-electron chi connectivity index (χ1n) is 11.2. The Balaban J connectivity index is 1.40. The second-order valence-corrected chi connectivity index (χ2v) is 9.41. The molecule has 0 atom stereocenters. The summed E-state index contributed by atoms with van der Waals surface area (Å²) in [6.45, 7) is 1.23. The predicted octanol–water partition coefficient (Wildman–Crippen LogP) is 2.28. The maximum atomic E-state index is 14.9. The number of aromatic nitrogens is 2. The van der Waals surface area contributed by atoms with Gasteiger partial charge in [-0.25, -0.2) is 4.39 Å². The van der Waals surface area contributed by atoms with Gasteiger partial charge in [-0.1, -0.05) is 35.9 Å². The van der Waals surface area contributed by atoms with Gasteiger partial charge in [0.25, 0.3) is 5.91 Å². The fraction of sp³-hybridized carbons (Fsp3) is 0.333. The highest BCUT2D eigenvalue weighted by molar-refractivity contribution is 6.34. The summed E-state index contributed by atoms with van der Waals surface area (Å²) in [6, 6.07) is 9.53. The fourth-order valence-corrected chi connectivity index (χ4v) is 4.42. The Bertz CT molecular complexity index is 1330. The number of aliphatic carboxylic acids is 1. The molecule has 1 heterocycles.